The smallest absolute Gasteiger partial charge is 0.463 e. The van der Waals surface area contributed by atoms with E-state index < -0.39 is 91.5 Å². The molecular weight excluding hydrogens is 1410 g/mol. The number of carbonyl (C=O) groups is 3. The van der Waals surface area contributed by atoms with Gasteiger partial charge in [0.05, 0.1) is 26.4 Å². The highest BCUT2D eigenvalue weighted by Gasteiger charge is 2.29. The van der Waals surface area contributed by atoms with E-state index in [2.05, 4.69) is 167 Å². The maximum Gasteiger partial charge on any atom is 0.472 e. The molecule has 18 heteroatoms. The second kappa shape index (κ2) is 82.9. The summed E-state index contributed by atoms with van der Waals surface area (Å²) in [7, 11) is -9.79. The van der Waals surface area contributed by atoms with E-state index in [1.807, 2.05) is 0 Å². The average molecular weight is 1570 g/mol. The number of phosphoric acid groups is 2. The minimum atomic E-state index is -4.93. The van der Waals surface area contributed by atoms with Crippen LogP contribution in [0.3, 0.4) is 0 Å². The largest absolute Gasteiger partial charge is 0.472 e. The molecule has 0 aromatic rings. The summed E-state index contributed by atoms with van der Waals surface area (Å²) in [6.07, 6.45) is 104. The molecule has 0 fully saturated rings. The highest BCUT2D eigenvalue weighted by Crippen LogP contribution is 2.45. The number of hydrogen-bond acceptors (Lipinski definition) is 14. The topological polar surface area (TPSA) is 231 Å². The molecule has 5 unspecified atom stereocenters. The molecule has 0 aliphatic heterocycles. The number of aliphatic hydroxyl groups excluding tert-OH is 2. The summed E-state index contributed by atoms with van der Waals surface area (Å²) < 4.78 is 61.2. The first-order chi connectivity index (χ1) is 53.2. The summed E-state index contributed by atoms with van der Waals surface area (Å²) in [5, 5.41) is 20.7. The van der Waals surface area contributed by atoms with Gasteiger partial charge in [0.25, 0.3) is 0 Å². The summed E-state index contributed by atoms with van der Waals surface area (Å²) in [4.78, 5) is 58.7. The third kappa shape index (κ3) is 84.2. The first kappa shape index (κ1) is 104. The van der Waals surface area contributed by atoms with Crippen LogP contribution >= 0.6 is 15.6 Å². The van der Waals surface area contributed by atoms with Gasteiger partial charge in [0.2, 0.25) is 0 Å². The van der Waals surface area contributed by atoms with E-state index in [4.69, 9.17) is 32.3 Å². The SMILES string of the molecule is CC/C=C\C/C=C\C/C=C\C/C=C\C/C=C\C/C=C\CCCCCCCCCCCCCCC(=O)OCC(O)COP(=O)(O)OCC(O)COP(=O)(O)OCC(COC(=O)CCCCCCCCCCCCCCCCC/C=C\C/C=C\C/C=C\C/C=C\C/C=C\CC)OC(=O)CCCCCCC/C=C\CCCC. The Hall–Kier alpha value is -4.57. The fourth-order valence-corrected chi connectivity index (χ4v) is 13.1. The zero-order chi connectivity index (χ0) is 79.4. The summed E-state index contributed by atoms with van der Waals surface area (Å²) in [6.45, 7) is 2.43. The Morgan fingerprint density at radius 1 is 0.266 bits per heavy atom. The number of allylic oxidation sites excluding steroid dienone is 24. The molecule has 0 rings (SSSR count). The summed E-state index contributed by atoms with van der Waals surface area (Å²) >= 11 is 0. The quantitative estimate of drug-likeness (QED) is 0.0146. The molecular formula is C91H156O16P2. The van der Waals surface area contributed by atoms with Gasteiger partial charge in [-0.15, -0.1) is 0 Å². The maximum absolute atomic E-state index is 12.9. The Bertz CT molecular complexity index is 2560. The van der Waals surface area contributed by atoms with Crippen molar-refractivity contribution in [1.82, 2.24) is 0 Å². The van der Waals surface area contributed by atoms with Gasteiger partial charge in [-0.25, -0.2) is 9.13 Å². The molecule has 0 spiro atoms. The van der Waals surface area contributed by atoms with Crippen molar-refractivity contribution in [2.24, 2.45) is 0 Å². The summed E-state index contributed by atoms with van der Waals surface area (Å²) in [5.41, 5.74) is 0. The van der Waals surface area contributed by atoms with Crippen LogP contribution in [0.15, 0.2) is 146 Å². The lowest BCUT2D eigenvalue weighted by molar-refractivity contribution is -0.161. The van der Waals surface area contributed by atoms with Crippen molar-refractivity contribution in [2.45, 2.75) is 373 Å². The molecule has 5 atom stereocenters. The lowest BCUT2D eigenvalue weighted by Crippen LogP contribution is -2.30. The Balaban J connectivity index is 4.39. The Labute approximate surface area is 664 Å². The third-order valence-corrected chi connectivity index (χ3v) is 19.9. The first-order valence-corrected chi connectivity index (χ1v) is 46.1. The van der Waals surface area contributed by atoms with Crippen LogP contribution in [0, 0.1) is 0 Å². The van der Waals surface area contributed by atoms with Crippen LogP contribution in [0.5, 0.6) is 0 Å². The highest BCUT2D eigenvalue weighted by molar-refractivity contribution is 7.47. The van der Waals surface area contributed by atoms with Gasteiger partial charge in [0.15, 0.2) is 6.10 Å². The van der Waals surface area contributed by atoms with E-state index in [9.17, 15) is 43.5 Å². The number of ether oxygens (including phenoxy) is 3. The number of esters is 3. The van der Waals surface area contributed by atoms with Crippen LogP contribution in [0.2, 0.25) is 0 Å². The van der Waals surface area contributed by atoms with E-state index in [-0.39, 0.29) is 19.3 Å². The van der Waals surface area contributed by atoms with Gasteiger partial charge in [0, 0.05) is 19.3 Å². The Morgan fingerprint density at radius 3 is 0.780 bits per heavy atom. The third-order valence-electron chi connectivity index (χ3n) is 18.0. The van der Waals surface area contributed by atoms with Gasteiger partial charge < -0.3 is 34.2 Å². The van der Waals surface area contributed by atoms with Crippen LogP contribution in [0.25, 0.3) is 0 Å². The predicted octanol–water partition coefficient (Wildman–Crippen LogP) is 26.0. The van der Waals surface area contributed by atoms with E-state index >= 15 is 0 Å². The van der Waals surface area contributed by atoms with E-state index in [0.29, 0.717) is 19.3 Å². The van der Waals surface area contributed by atoms with Crippen molar-refractivity contribution in [1.29, 1.82) is 0 Å². The van der Waals surface area contributed by atoms with Gasteiger partial charge in [-0.05, 0) is 135 Å². The molecule has 0 aliphatic carbocycles. The van der Waals surface area contributed by atoms with Crippen molar-refractivity contribution >= 4 is 33.6 Å². The number of rotatable bonds is 81. The second-order valence-corrected chi connectivity index (χ2v) is 31.5. The molecule has 0 aromatic heterocycles. The molecule has 0 saturated carbocycles. The molecule has 0 saturated heterocycles. The van der Waals surface area contributed by atoms with Crippen LogP contribution in [-0.2, 0) is 55.8 Å². The Kier molecular flexibility index (Phi) is 79.4. The monoisotopic (exact) mass is 1570 g/mol. The zero-order valence-corrected chi connectivity index (χ0v) is 70.5. The molecule has 0 heterocycles. The molecule has 0 bridgehead atoms. The second-order valence-electron chi connectivity index (χ2n) is 28.6. The summed E-state index contributed by atoms with van der Waals surface area (Å²) in [6, 6.07) is 0. The van der Waals surface area contributed by atoms with E-state index in [1.165, 1.54) is 141 Å². The maximum atomic E-state index is 12.9. The number of hydrogen-bond donors (Lipinski definition) is 4. The van der Waals surface area contributed by atoms with Crippen LogP contribution < -0.4 is 0 Å². The molecule has 4 N–H and O–H groups in total. The van der Waals surface area contributed by atoms with Gasteiger partial charge in [0.1, 0.15) is 25.4 Å². The molecule has 626 valence electrons. The van der Waals surface area contributed by atoms with E-state index in [0.717, 1.165) is 154 Å². The number of phosphoric ester groups is 2. The van der Waals surface area contributed by atoms with Crippen molar-refractivity contribution in [2.75, 3.05) is 39.6 Å². The van der Waals surface area contributed by atoms with Crippen molar-refractivity contribution in [3.63, 3.8) is 0 Å². The van der Waals surface area contributed by atoms with Gasteiger partial charge >= 0.3 is 33.6 Å². The lowest BCUT2D eigenvalue weighted by Gasteiger charge is -2.21. The summed E-state index contributed by atoms with van der Waals surface area (Å²) in [5.74, 6) is -1.58. The molecule has 16 nitrogen and oxygen atoms in total. The van der Waals surface area contributed by atoms with Crippen molar-refractivity contribution < 1.29 is 75.8 Å². The predicted molar refractivity (Wildman–Crippen MR) is 454 cm³/mol. The van der Waals surface area contributed by atoms with Gasteiger partial charge in [-0.3, -0.25) is 32.5 Å². The van der Waals surface area contributed by atoms with Crippen LogP contribution in [0.4, 0.5) is 0 Å². The van der Waals surface area contributed by atoms with E-state index in [1.54, 1.807) is 0 Å². The highest BCUT2D eigenvalue weighted by atomic mass is 31.2. The van der Waals surface area contributed by atoms with Crippen molar-refractivity contribution in [3.8, 4) is 0 Å². The van der Waals surface area contributed by atoms with Crippen LogP contribution in [0.1, 0.15) is 355 Å². The lowest BCUT2D eigenvalue weighted by atomic mass is 10.0. The molecule has 0 radical (unpaired) electrons. The number of unbranched alkanes of at least 4 members (excludes halogenated alkanes) is 34. The normalized spacial score (nSPS) is 14.6. The van der Waals surface area contributed by atoms with Crippen LogP contribution in [-0.4, -0.2) is 95.9 Å². The molecule has 0 amide bonds. The number of carbonyl (C=O) groups excluding carboxylic acids is 3. The fourth-order valence-electron chi connectivity index (χ4n) is 11.5. The standard InChI is InChI=1S/C91H156O16P2/c1-4-7-10-13-16-19-22-24-26-28-30-32-34-36-38-40-42-44-46-48-50-52-54-56-58-60-63-65-68-71-74-77-89(94)101-80-86(92)81-103-108(97,98)104-82-87(93)83-105-109(99,100)106-85-88(107-91(96)79-76-73-70-67-62-21-18-15-12-9-6-3)84-102-90(95)78-75-72-69-66-64-61-59-57-55-53-51-49-47-45-43-41-39-37-35-33-31-29-27-25-23-20-17-14-11-8-5-2/h7-8,10-11,15-20,24-27,30-33,36-39,42,44,86-88,92-93H,4-6,9,12-14,21-23,28-29,34-35,40-41,43,45-85H2,1-3H3,(H,97,98)(H,99,100)/b10-7-,11-8-,18-15-,19-16-,20-17-,26-24-,27-25-,32-30-,33-31-,38-36-,39-37-,44-42-. The van der Waals surface area contributed by atoms with Crippen molar-refractivity contribution in [3.05, 3.63) is 146 Å². The minimum Gasteiger partial charge on any atom is -0.463 e. The minimum absolute atomic E-state index is 0.0935. The Morgan fingerprint density at radius 2 is 0.486 bits per heavy atom. The fraction of sp³-hybridized carbons (Fsp3) is 0.703. The molecule has 0 aliphatic rings. The average Bonchev–Trinajstić information content (AvgIpc) is 0.837. The van der Waals surface area contributed by atoms with Gasteiger partial charge in [-0.2, -0.15) is 0 Å². The molecule has 109 heavy (non-hydrogen) atoms. The first-order valence-electron chi connectivity index (χ1n) is 43.1. The van der Waals surface area contributed by atoms with Gasteiger partial charge in [-0.1, -0.05) is 346 Å². The molecule has 0 aromatic carbocycles. The zero-order valence-electron chi connectivity index (χ0n) is 68.7. The number of aliphatic hydroxyl groups is 2.